The molecule has 0 fully saturated rings. The van der Waals surface area contributed by atoms with Gasteiger partial charge in [0.1, 0.15) is 0 Å². The van der Waals surface area contributed by atoms with Crippen LogP contribution in [0.15, 0.2) is 0 Å². The van der Waals surface area contributed by atoms with E-state index in [0.29, 0.717) is 24.6 Å². The van der Waals surface area contributed by atoms with E-state index in [1.807, 2.05) is 13.8 Å². The topological polar surface area (TPSA) is 40.4 Å². The van der Waals surface area contributed by atoms with E-state index in [2.05, 4.69) is 37.7 Å². The van der Waals surface area contributed by atoms with Crippen LogP contribution < -0.4 is 18.9 Å². The Morgan fingerprint density at radius 2 is 1.50 bits per heavy atom. The normalized spacial score (nSPS) is 9.62. The Morgan fingerprint density at radius 3 is 1.56 bits per heavy atom. The molecule has 0 atom stereocenters. The monoisotopic (exact) mass is 243 g/mol. The summed E-state index contributed by atoms with van der Waals surface area (Å²) in [5.74, 6) is 0.359. The third-order valence-electron chi connectivity index (χ3n) is 1.13. The van der Waals surface area contributed by atoms with Crippen molar-refractivity contribution < 1.29 is 28.4 Å². The summed E-state index contributed by atoms with van der Waals surface area (Å²) in [5, 5.41) is 4.28. The van der Waals surface area contributed by atoms with E-state index in [4.69, 9.17) is 11.6 Å². The van der Waals surface area contributed by atoms with Crippen molar-refractivity contribution in [2.24, 2.45) is 5.92 Å². The van der Waals surface area contributed by atoms with Crippen LogP contribution in [0, 0.1) is 5.92 Å². The van der Waals surface area contributed by atoms with Crippen LogP contribution in [0.1, 0.15) is 41.5 Å². The van der Waals surface area contributed by atoms with Crippen molar-refractivity contribution in [1.29, 1.82) is 0 Å². The van der Waals surface area contributed by atoms with Crippen LogP contribution in [-0.2, 0) is 4.74 Å². The molecule has 0 aromatic rings. The van der Waals surface area contributed by atoms with Gasteiger partial charge in [-0.1, -0.05) is 41.5 Å². The zero-order chi connectivity index (χ0) is 12.4. The smallest absolute Gasteiger partial charge is 0.658 e. The average molecular weight is 244 g/mol. The third-order valence-corrected chi connectivity index (χ3v) is 1.24. The van der Waals surface area contributed by atoms with Gasteiger partial charge in [0.15, 0.2) is 0 Å². The summed E-state index contributed by atoms with van der Waals surface area (Å²) in [5.41, 5.74) is -0.723. The van der Waals surface area contributed by atoms with Crippen LogP contribution >= 0.6 is 11.6 Å². The minimum absolute atomic E-state index is 0. The van der Waals surface area contributed by atoms with Crippen molar-refractivity contribution >= 4 is 17.0 Å². The van der Waals surface area contributed by atoms with E-state index in [1.165, 1.54) is 0 Å². The number of carbonyl (C=O) groups excluding carboxylic acids is 1. The molecule has 0 aliphatic carbocycles. The molecule has 0 aliphatic heterocycles. The van der Waals surface area contributed by atoms with E-state index < -0.39 is 5.43 Å². The average Bonchev–Trinajstić information content (AvgIpc) is 1.99. The van der Waals surface area contributed by atoms with E-state index in [-0.39, 0.29) is 18.9 Å². The van der Waals surface area contributed by atoms with Crippen molar-refractivity contribution in [1.82, 2.24) is 0 Å². The fourth-order valence-corrected chi connectivity index (χ4v) is 0.891. The summed E-state index contributed by atoms with van der Waals surface area (Å²) in [6.07, 6.45) is 0. The Morgan fingerprint density at radius 1 is 1.12 bits per heavy atom. The summed E-state index contributed by atoms with van der Waals surface area (Å²) < 4.78 is 4.43. The molecule has 0 amide bonds. The summed E-state index contributed by atoms with van der Waals surface area (Å²) in [4.78, 5) is 9.89. The molecule has 3 nitrogen and oxygen atoms in total. The van der Waals surface area contributed by atoms with E-state index in [1.54, 1.807) is 0 Å². The third kappa shape index (κ3) is 29.2. The molecule has 0 heterocycles. The molecule has 0 spiro atoms. The molecular weight excluding hydrogens is 221 g/mol. The van der Waals surface area contributed by atoms with Gasteiger partial charge in [-0.25, -0.2) is 4.79 Å². The Balaban J connectivity index is -0.000000200. The minimum Gasteiger partial charge on any atom is -0.658 e. The molecule has 0 unspecified atom stereocenters. The van der Waals surface area contributed by atoms with Gasteiger partial charge in [0.05, 0.1) is 6.61 Å². The number of rotatable bonds is 4. The zero-order valence-electron chi connectivity index (χ0n) is 11.6. The van der Waals surface area contributed by atoms with Gasteiger partial charge >= 0.3 is 24.3 Å². The van der Waals surface area contributed by atoms with Gasteiger partial charge in [-0.15, -0.1) is 12.1 Å². The predicted octanol–water partition coefficient (Wildman–Crippen LogP) is 1.20. The van der Waals surface area contributed by atoms with Gasteiger partial charge < -0.3 is 10.1 Å². The summed E-state index contributed by atoms with van der Waals surface area (Å²) >= 11 is 4.86. The number of hydrogen-bond acceptors (Lipinski definition) is 2. The van der Waals surface area contributed by atoms with Crippen LogP contribution in [0.5, 0.6) is 0 Å². The van der Waals surface area contributed by atoms with Crippen LogP contribution in [0.3, 0.4) is 0 Å². The molecule has 0 N–H and O–H groups in total. The number of carbonyl (C=O) groups is 1. The van der Waals surface area contributed by atoms with Crippen LogP contribution in [-0.4, -0.2) is 24.1 Å². The molecular formula is C11H23ClLiNO2. The second kappa shape index (κ2) is 13.4. The van der Waals surface area contributed by atoms with Crippen molar-refractivity contribution in [3.8, 4) is 0 Å². The Hall–Kier alpha value is 0.317. The molecule has 0 rings (SSSR count). The molecule has 16 heavy (non-hydrogen) atoms. The van der Waals surface area contributed by atoms with Crippen molar-refractivity contribution in [3.05, 3.63) is 5.32 Å². The van der Waals surface area contributed by atoms with Gasteiger partial charge in [0, 0.05) is 11.6 Å². The van der Waals surface area contributed by atoms with Gasteiger partial charge in [0.2, 0.25) is 0 Å². The maximum Gasteiger partial charge on any atom is 1.00 e. The number of hydrogen-bond donors (Lipinski definition) is 0. The molecule has 0 aromatic carbocycles. The zero-order valence-corrected chi connectivity index (χ0v) is 12.3. The molecule has 92 valence electrons. The number of halogens is 1. The first-order valence-corrected chi connectivity index (χ1v) is 5.65. The van der Waals surface area contributed by atoms with E-state index in [0.717, 1.165) is 0 Å². The summed E-state index contributed by atoms with van der Waals surface area (Å²) in [7, 11) is 0. The quantitative estimate of drug-likeness (QED) is 0.550. The minimum atomic E-state index is -0.723. The van der Waals surface area contributed by atoms with Gasteiger partial charge in [-0.05, 0) is 5.92 Å². The van der Waals surface area contributed by atoms with Crippen LogP contribution in [0.2, 0.25) is 0 Å². The van der Waals surface area contributed by atoms with Crippen molar-refractivity contribution in [2.75, 3.05) is 6.61 Å². The summed E-state index contributed by atoms with van der Waals surface area (Å²) in [6.45, 7) is 12.7. The second-order valence-corrected chi connectivity index (χ2v) is 4.59. The maximum atomic E-state index is 9.89. The molecule has 0 radical (unpaired) electrons. The van der Waals surface area contributed by atoms with Crippen LogP contribution in [0.25, 0.3) is 5.32 Å². The summed E-state index contributed by atoms with van der Waals surface area (Å²) in [6, 6.07) is 1.000. The molecule has 0 aliphatic rings. The van der Waals surface area contributed by atoms with Gasteiger partial charge in [-0.3, -0.25) is 0 Å². The standard InChI is InChI=1S/C6H14N.C5H9ClO2.Li/c1-5(2)7-6(3)4;1-4(2)3-8-5(6)7;/h5-6H,1-4H3;4H,3H2,1-2H3;/q-1;;+1. The molecule has 0 bridgehead atoms. The molecule has 5 heteroatoms. The predicted molar refractivity (Wildman–Crippen MR) is 65.7 cm³/mol. The first-order valence-electron chi connectivity index (χ1n) is 5.27. The van der Waals surface area contributed by atoms with Gasteiger partial charge in [-0.2, -0.15) is 0 Å². The molecule has 0 aromatic heterocycles. The van der Waals surface area contributed by atoms with Crippen LogP contribution in [0.4, 0.5) is 4.79 Å². The fraction of sp³-hybridized carbons (Fsp3) is 0.909. The first-order chi connectivity index (χ1) is 6.75. The van der Waals surface area contributed by atoms with E-state index >= 15 is 0 Å². The van der Waals surface area contributed by atoms with Gasteiger partial charge in [0.25, 0.3) is 0 Å². The number of nitrogens with zero attached hydrogens (tertiary/aromatic N) is 1. The fourth-order valence-electron chi connectivity index (χ4n) is 0.828. The maximum absolute atomic E-state index is 9.89. The van der Waals surface area contributed by atoms with Crippen molar-refractivity contribution in [2.45, 2.75) is 53.6 Å². The second-order valence-electron chi connectivity index (χ2n) is 4.28. The van der Waals surface area contributed by atoms with E-state index in [9.17, 15) is 4.79 Å². The first kappa shape index (κ1) is 21.6. The Kier molecular flexibility index (Phi) is 18.1. The molecule has 0 saturated heterocycles. The Labute approximate surface area is 117 Å². The van der Waals surface area contributed by atoms with Crippen molar-refractivity contribution in [3.63, 3.8) is 0 Å². The Bertz CT molecular complexity index is 158. The molecule has 0 saturated carbocycles. The largest absolute Gasteiger partial charge is 1.00 e. The number of ether oxygens (including phenoxy) is 1. The SMILES string of the molecule is CC(C)COC(=O)Cl.CC(C)[N-]C(C)C.[Li+].